The summed E-state index contributed by atoms with van der Waals surface area (Å²) >= 11 is 6.21. The zero-order chi connectivity index (χ0) is 14.8. The summed E-state index contributed by atoms with van der Waals surface area (Å²) in [6.07, 6.45) is 2.57. The Morgan fingerprint density at radius 2 is 2.10 bits per heavy atom. The predicted octanol–water partition coefficient (Wildman–Crippen LogP) is 4.46. The minimum atomic E-state index is 0.133. The van der Waals surface area contributed by atoms with Crippen molar-refractivity contribution in [2.45, 2.75) is 52.6 Å². The van der Waals surface area contributed by atoms with Gasteiger partial charge in [0.25, 0.3) is 0 Å². The Morgan fingerprint density at radius 3 is 2.70 bits per heavy atom. The number of nitrogens with zero attached hydrogens (tertiary/aromatic N) is 1. The number of benzene rings is 1. The van der Waals surface area contributed by atoms with Gasteiger partial charge in [-0.15, -0.1) is 0 Å². The van der Waals surface area contributed by atoms with E-state index in [1.807, 2.05) is 6.07 Å². The fourth-order valence-electron chi connectivity index (χ4n) is 2.73. The maximum absolute atomic E-state index is 6.21. The molecule has 20 heavy (non-hydrogen) atoms. The van der Waals surface area contributed by atoms with E-state index in [0.29, 0.717) is 0 Å². The number of hydrogen-bond donors (Lipinski definition) is 1. The normalized spacial score (nSPS) is 19.6. The monoisotopic (exact) mass is 294 g/mol. The van der Waals surface area contributed by atoms with Crippen molar-refractivity contribution in [3.8, 4) is 0 Å². The molecule has 3 heteroatoms. The second-order valence-corrected chi connectivity index (χ2v) is 7.32. The standard InChI is InChI=1S/C17H27ClN2/c1-5-13-8-9-20(12-13)16-10-15(18)7-6-14(16)11-19-17(2,3)4/h6-7,10,13,19H,5,8-9,11-12H2,1-4H3. The molecule has 0 spiro atoms. The van der Waals surface area contributed by atoms with Crippen LogP contribution in [0.2, 0.25) is 5.02 Å². The summed E-state index contributed by atoms with van der Waals surface area (Å²) in [5.41, 5.74) is 2.79. The SMILES string of the molecule is CCC1CCN(c2cc(Cl)ccc2CNC(C)(C)C)C1. The van der Waals surface area contributed by atoms with E-state index in [1.165, 1.54) is 30.6 Å². The lowest BCUT2D eigenvalue weighted by molar-refractivity contribution is 0.424. The molecule has 1 aromatic carbocycles. The highest BCUT2D eigenvalue weighted by atomic mass is 35.5. The molecule has 1 aliphatic heterocycles. The van der Waals surface area contributed by atoms with E-state index in [0.717, 1.165) is 24.0 Å². The van der Waals surface area contributed by atoms with Gasteiger partial charge in [-0.3, -0.25) is 0 Å². The molecule has 0 amide bonds. The van der Waals surface area contributed by atoms with Crippen LogP contribution in [0.1, 0.15) is 46.1 Å². The molecule has 1 atom stereocenters. The van der Waals surface area contributed by atoms with Gasteiger partial charge in [-0.2, -0.15) is 0 Å². The zero-order valence-corrected chi connectivity index (χ0v) is 13.9. The van der Waals surface area contributed by atoms with Crippen molar-refractivity contribution in [2.75, 3.05) is 18.0 Å². The van der Waals surface area contributed by atoms with Crippen LogP contribution in [-0.4, -0.2) is 18.6 Å². The molecule has 2 nitrogen and oxygen atoms in total. The van der Waals surface area contributed by atoms with Crippen LogP contribution in [-0.2, 0) is 6.54 Å². The van der Waals surface area contributed by atoms with Crippen LogP contribution < -0.4 is 10.2 Å². The Kier molecular flexibility index (Phi) is 4.98. The topological polar surface area (TPSA) is 15.3 Å². The molecular formula is C17H27ClN2. The predicted molar refractivity (Wildman–Crippen MR) is 88.7 cm³/mol. The fourth-order valence-corrected chi connectivity index (χ4v) is 2.89. The molecule has 1 N–H and O–H groups in total. The maximum atomic E-state index is 6.21. The summed E-state index contributed by atoms with van der Waals surface area (Å²) in [5.74, 6) is 0.831. The molecule has 0 radical (unpaired) electrons. The van der Waals surface area contributed by atoms with E-state index in [-0.39, 0.29) is 5.54 Å². The largest absolute Gasteiger partial charge is 0.371 e. The summed E-state index contributed by atoms with van der Waals surface area (Å²) in [5, 5.41) is 4.41. The lowest BCUT2D eigenvalue weighted by Crippen LogP contribution is -2.35. The first-order valence-electron chi connectivity index (χ1n) is 7.67. The van der Waals surface area contributed by atoms with Gasteiger partial charge in [0.05, 0.1) is 0 Å². The van der Waals surface area contributed by atoms with E-state index in [9.17, 15) is 0 Å². The second-order valence-electron chi connectivity index (χ2n) is 6.89. The number of anilines is 1. The molecule has 1 saturated heterocycles. The Balaban J connectivity index is 2.16. The highest BCUT2D eigenvalue weighted by Gasteiger charge is 2.23. The third kappa shape index (κ3) is 4.13. The summed E-state index contributed by atoms with van der Waals surface area (Å²) < 4.78 is 0. The van der Waals surface area contributed by atoms with Gasteiger partial charge < -0.3 is 10.2 Å². The molecular weight excluding hydrogens is 268 g/mol. The van der Waals surface area contributed by atoms with Crippen LogP contribution in [0.25, 0.3) is 0 Å². The smallest absolute Gasteiger partial charge is 0.0426 e. The first kappa shape index (κ1) is 15.7. The lowest BCUT2D eigenvalue weighted by atomic mass is 10.1. The molecule has 0 aromatic heterocycles. The summed E-state index contributed by atoms with van der Waals surface area (Å²) in [6, 6.07) is 6.28. The van der Waals surface area contributed by atoms with Gasteiger partial charge in [0.15, 0.2) is 0 Å². The number of nitrogens with one attached hydrogen (secondary N) is 1. The van der Waals surface area contributed by atoms with Crippen molar-refractivity contribution in [1.82, 2.24) is 5.32 Å². The number of halogens is 1. The highest BCUT2D eigenvalue weighted by Crippen LogP contribution is 2.31. The van der Waals surface area contributed by atoms with Crippen LogP contribution in [0.4, 0.5) is 5.69 Å². The third-order valence-electron chi connectivity index (χ3n) is 4.06. The summed E-state index contributed by atoms with van der Waals surface area (Å²) in [7, 11) is 0. The van der Waals surface area contributed by atoms with Gasteiger partial charge in [-0.05, 0) is 50.8 Å². The Labute approximate surface area is 128 Å². The van der Waals surface area contributed by atoms with E-state index in [1.54, 1.807) is 0 Å². The minimum Gasteiger partial charge on any atom is -0.371 e. The Hall–Kier alpha value is -0.730. The van der Waals surface area contributed by atoms with Gasteiger partial charge >= 0.3 is 0 Å². The first-order valence-corrected chi connectivity index (χ1v) is 8.05. The zero-order valence-electron chi connectivity index (χ0n) is 13.2. The Morgan fingerprint density at radius 1 is 1.35 bits per heavy atom. The van der Waals surface area contributed by atoms with E-state index < -0.39 is 0 Å². The van der Waals surface area contributed by atoms with Crippen molar-refractivity contribution < 1.29 is 0 Å². The van der Waals surface area contributed by atoms with Crippen molar-refractivity contribution in [3.05, 3.63) is 28.8 Å². The molecule has 1 aliphatic rings. The molecule has 0 bridgehead atoms. The van der Waals surface area contributed by atoms with Gasteiger partial charge in [0, 0.05) is 35.9 Å². The average molecular weight is 295 g/mol. The van der Waals surface area contributed by atoms with Crippen molar-refractivity contribution in [1.29, 1.82) is 0 Å². The molecule has 0 saturated carbocycles. The van der Waals surface area contributed by atoms with Gasteiger partial charge in [0.1, 0.15) is 0 Å². The summed E-state index contributed by atoms with van der Waals surface area (Å²) in [4.78, 5) is 2.50. The van der Waals surface area contributed by atoms with Crippen molar-refractivity contribution >= 4 is 17.3 Å². The number of hydrogen-bond acceptors (Lipinski definition) is 2. The van der Waals surface area contributed by atoms with Gasteiger partial charge in [-0.25, -0.2) is 0 Å². The van der Waals surface area contributed by atoms with Gasteiger partial charge in [0.2, 0.25) is 0 Å². The fraction of sp³-hybridized carbons (Fsp3) is 0.647. The molecule has 1 heterocycles. The minimum absolute atomic E-state index is 0.133. The van der Waals surface area contributed by atoms with Gasteiger partial charge in [-0.1, -0.05) is 31.0 Å². The molecule has 1 fully saturated rings. The summed E-state index contributed by atoms with van der Waals surface area (Å²) in [6.45, 7) is 12.1. The molecule has 112 valence electrons. The lowest BCUT2D eigenvalue weighted by Gasteiger charge is -2.26. The molecule has 0 aliphatic carbocycles. The molecule has 1 unspecified atom stereocenters. The maximum Gasteiger partial charge on any atom is 0.0426 e. The van der Waals surface area contributed by atoms with E-state index >= 15 is 0 Å². The van der Waals surface area contributed by atoms with E-state index in [4.69, 9.17) is 11.6 Å². The first-order chi connectivity index (χ1) is 9.39. The third-order valence-corrected chi connectivity index (χ3v) is 4.30. The quantitative estimate of drug-likeness (QED) is 0.882. The van der Waals surface area contributed by atoms with Crippen LogP contribution in [0.3, 0.4) is 0 Å². The Bertz CT molecular complexity index is 451. The van der Waals surface area contributed by atoms with E-state index in [2.05, 4.69) is 50.0 Å². The van der Waals surface area contributed by atoms with Crippen LogP contribution in [0, 0.1) is 5.92 Å². The highest BCUT2D eigenvalue weighted by molar-refractivity contribution is 6.30. The van der Waals surface area contributed by atoms with Crippen LogP contribution in [0.15, 0.2) is 18.2 Å². The van der Waals surface area contributed by atoms with Crippen molar-refractivity contribution in [3.63, 3.8) is 0 Å². The van der Waals surface area contributed by atoms with Crippen molar-refractivity contribution in [2.24, 2.45) is 5.92 Å². The molecule has 1 aromatic rings. The molecule has 2 rings (SSSR count). The van der Waals surface area contributed by atoms with Crippen LogP contribution in [0.5, 0.6) is 0 Å². The second kappa shape index (κ2) is 6.36. The number of rotatable bonds is 4. The average Bonchev–Trinajstić information content (AvgIpc) is 2.84. The van der Waals surface area contributed by atoms with Crippen LogP contribution >= 0.6 is 11.6 Å².